The van der Waals surface area contributed by atoms with Crippen LogP contribution in [0.4, 0.5) is 4.79 Å². The largest absolute Gasteiger partial charge is 0.460 e. The van der Waals surface area contributed by atoms with E-state index in [0.717, 1.165) is 11.1 Å². The number of ether oxygens (including phenoxy) is 2. The summed E-state index contributed by atoms with van der Waals surface area (Å²) < 4.78 is 10.8. The standard InChI is InChI=1S/C28H33NO5/c1-5-12-23(21-15-10-7-11-16-21)24(18-25(30)34-28(2,3)4)26(31)29-22(19-33-27(29)32)17-20-13-8-6-9-14-20/h5-11,13-16,22-24H,1,12,17-19H2,2-4H3/t22-,23+,24-/m0/s1. The minimum absolute atomic E-state index is 0.121. The number of carbonyl (C=O) groups excluding carboxylic acids is 3. The molecule has 0 spiro atoms. The van der Waals surface area contributed by atoms with Crippen molar-refractivity contribution in [1.29, 1.82) is 0 Å². The van der Waals surface area contributed by atoms with Crippen LogP contribution < -0.4 is 0 Å². The molecule has 3 atom stereocenters. The van der Waals surface area contributed by atoms with Crippen molar-refractivity contribution in [2.45, 2.75) is 57.6 Å². The summed E-state index contributed by atoms with van der Waals surface area (Å²) in [7, 11) is 0. The molecule has 180 valence electrons. The zero-order valence-electron chi connectivity index (χ0n) is 20.1. The predicted octanol–water partition coefficient (Wildman–Crippen LogP) is 5.28. The summed E-state index contributed by atoms with van der Waals surface area (Å²) in [5, 5.41) is 0. The minimum Gasteiger partial charge on any atom is -0.460 e. The Hall–Kier alpha value is -3.41. The third-order valence-electron chi connectivity index (χ3n) is 5.77. The fraction of sp³-hybridized carbons (Fsp3) is 0.393. The van der Waals surface area contributed by atoms with Crippen LogP contribution >= 0.6 is 0 Å². The topological polar surface area (TPSA) is 72.9 Å². The van der Waals surface area contributed by atoms with Gasteiger partial charge >= 0.3 is 12.1 Å². The number of allylic oxidation sites excluding steroid dienone is 1. The quantitative estimate of drug-likeness (QED) is 0.373. The van der Waals surface area contributed by atoms with Crippen LogP contribution in [0.1, 0.15) is 50.7 Å². The number of cyclic esters (lactones) is 1. The molecule has 3 rings (SSSR count). The van der Waals surface area contributed by atoms with E-state index in [4.69, 9.17) is 9.47 Å². The van der Waals surface area contributed by atoms with Crippen molar-refractivity contribution < 1.29 is 23.9 Å². The van der Waals surface area contributed by atoms with E-state index in [1.807, 2.05) is 60.7 Å². The monoisotopic (exact) mass is 463 g/mol. The third-order valence-corrected chi connectivity index (χ3v) is 5.77. The first-order valence-corrected chi connectivity index (χ1v) is 11.6. The second-order valence-corrected chi connectivity index (χ2v) is 9.57. The van der Waals surface area contributed by atoms with Crippen molar-refractivity contribution >= 4 is 18.0 Å². The summed E-state index contributed by atoms with van der Waals surface area (Å²) >= 11 is 0. The van der Waals surface area contributed by atoms with E-state index >= 15 is 0 Å². The molecule has 1 aliphatic rings. The van der Waals surface area contributed by atoms with Crippen LogP contribution in [-0.4, -0.2) is 41.1 Å². The van der Waals surface area contributed by atoms with Crippen LogP contribution in [0.5, 0.6) is 0 Å². The lowest BCUT2D eigenvalue weighted by Crippen LogP contribution is -2.46. The highest BCUT2D eigenvalue weighted by Gasteiger charge is 2.44. The molecule has 1 heterocycles. The van der Waals surface area contributed by atoms with Crippen molar-refractivity contribution in [2.75, 3.05) is 6.61 Å². The number of imide groups is 1. The van der Waals surface area contributed by atoms with E-state index in [0.29, 0.717) is 12.8 Å². The van der Waals surface area contributed by atoms with Gasteiger partial charge in [0.15, 0.2) is 0 Å². The molecule has 1 fully saturated rings. The van der Waals surface area contributed by atoms with Gasteiger partial charge in [0.05, 0.1) is 18.4 Å². The number of hydrogen-bond donors (Lipinski definition) is 0. The maximum absolute atomic E-state index is 13.9. The molecule has 6 heteroatoms. The number of nitrogens with zero attached hydrogens (tertiary/aromatic N) is 1. The van der Waals surface area contributed by atoms with Gasteiger partial charge in [0, 0.05) is 0 Å². The molecular weight excluding hydrogens is 430 g/mol. The SMILES string of the molecule is C=CC[C@H](c1ccccc1)[C@H](CC(=O)OC(C)(C)C)C(=O)N1C(=O)OC[C@@H]1Cc1ccccc1. The van der Waals surface area contributed by atoms with E-state index in [1.165, 1.54) is 4.90 Å². The molecule has 1 aliphatic heterocycles. The molecule has 0 aliphatic carbocycles. The van der Waals surface area contributed by atoms with Crippen molar-refractivity contribution in [1.82, 2.24) is 4.90 Å². The van der Waals surface area contributed by atoms with E-state index in [-0.39, 0.29) is 18.9 Å². The lowest BCUT2D eigenvalue weighted by atomic mass is 9.80. The predicted molar refractivity (Wildman–Crippen MR) is 130 cm³/mol. The Balaban J connectivity index is 1.94. The molecule has 0 aromatic heterocycles. The highest BCUT2D eigenvalue weighted by Crippen LogP contribution is 2.35. The zero-order chi connectivity index (χ0) is 24.7. The number of hydrogen-bond acceptors (Lipinski definition) is 5. The summed E-state index contributed by atoms with van der Waals surface area (Å²) in [5.74, 6) is -2.06. The zero-order valence-corrected chi connectivity index (χ0v) is 20.1. The Morgan fingerprint density at radius 2 is 1.74 bits per heavy atom. The number of benzene rings is 2. The lowest BCUT2D eigenvalue weighted by molar-refractivity contribution is -0.158. The molecule has 0 radical (unpaired) electrons. The molecule has 34 heavy (non-hydrogen) atoms. The Bertz CT molecular complexity index is 996. The Morgan fingerprint density at radius 1 is 1.12 bits per heavy atom. The van der Waals surface area contributed by atoms with Crippen LogP contribution in [-0.2, 0) is 25.5 Å². The molecule has 2 aromatic carbocycles. The fourth-order valence-electron chi connectivity index (χ4n) is 4.32. The molecule has 6 nitrogen and oxygen atoms in total. The summed E-state index contributed by atoms with van der Waals surface area (Å²) in [4.78, 5) is 40.7. The van der Waals surface area contributed by atoms with E-state index in [9.17, 15) is 14.4 Å². The first-order valence-electron chi connectivity index (χ1n) is 11.6. The molecular formula is C28H33NO5. The van der Waals surface area contributed by atoms with Gasteiger partial charge in [-0.2, -0.15) is 0 Å². The van der Waals surface area contributed by atoms with Gasteiger partial charge in [0.1, 0.15) is 12.2 Å². The van der Waals surface area contributed by atoms with Gasteiger partial charge in [0.2, 0.25) is 5.91 Å². The van der Waals surface area contributed by atoms with Gasteiger partial charge in [0.25, 0.3) is 0 Å². The smallest absolute Gasteiger partial charge is 0.416 e. The number of rotatable bonds is 9. The molecule has 0 saturated carbocycles. The van der Waals surface area contributed by atoms with Crippen molar-refractivity contribution in [3.05, 3.63) is 84.4 Å². The maximum atomic E-state index is 13.9. The molecule has 0 unspecified atom stereocenters. The maximum Gasteiger partial charge on any atom is 0.416 e. The first-order chi connectivity index (χ1) is 16.2. The van der Waals surface area contributed by atoms with Crippen molar-refractivity contribution in [2.24, 2.45) is 5.92 Å². The number of carbonyl (C=O) groups is 3. The lowest BCUT2D eigenvalue weighted by Gasteiger charge is -2.31. The van der Waals surface area contributed by atoms with Crippen LogP contribution in [0.2, 0.25) is 0 Å². The number of amides is 2. The molecule has 2 amide bonds. The molecule has 1 saturated heterocycles. The number of esters is 1. The minimum atomic E-state index is -0.806. The van der Waals surface area contributed by atoms with Crippen LogP contribution in [0.25, 0.3) is 0 Å². The second-order valence-electron chi connectivity index (χ2n) is 9.57. The Labute approximate surface area is 201 Å². The fourth-order valence-corrected chi connectivity index (χ4v) is 4.32. The second kappa shape index (κ2) is 11.1. The summed E-state index contributed by atoms with van der Waals surface area (Å²) in [6, 6.07) is 18.7. The summed E-state index contributed by atoms with van der Waals surface area (Å²) in [5.41, 5.74) is 1.21. The Morgan fingerprint density at radius 3 is 2.32 bits per heavy atom. The normalized spacial score (nSPS) is 17.6. The summed E-state index contributed by atoms with van der Waals surface area (Å²) in [6.07, 6.45) is 1.86. The van der Waals surface area contributed by atoms with Crippen molar-refractivity contribution in [3.8, 4) is 0 Å². The van der Waals surface area contributed by atoms with Gasteiger partial charge in [-0.1, -0.05) is 66.7 Å². The van der Waals surface area contributed by atoms with E-state index < -0.39 is 35.5 Å². The van der Waals surface area contributed by atoms with E-state index in [2.05, 4.69) is 6.58 Å². The molecule has 2 aromatic rings. The summed E-state index contributed by atoms with van der Waals surface area (Å²) in [6.45, 7) is 9.33. The average molecular weight is 464 g/mol. The van der Waals surface area contributed by atoms with Gasteiger partial charge in [-0.05, 0) is 50.7 Å². The molecule has 0 bridgehead atoms. The Kier molecular flexibility index (Phi) is 8.26. The van der Waals surface area contributed by atoms with Crippen molar-refractivity contribution in [3.63, 3.8) is 0 Å². The average Bonchev–Trinajstić information content (AvgIpc) is 3.15. The van der Waals surface area contributed by atoms with Crippen LogP contribution in [0.3, 0.4) is 0 Å². The van der Waals surface area contributed by atoms with E-state index in [1.54, 1.807) is 26.8 Å². The first kappa shape index (κ1) is 25.2. The van der Waals surface area contributed by atoms with Gasteiger partial charge in [-0.3, -0.25) is 9.59 Å². The highest BCUT2D eigenvalue weighted by atomic mass is 16.6. The van der Waals surface area contributed by atoms with Gasteiger partial charge in [-0.15, -0.1) is 6.58 Å². The van der Waals surface area contributed by atoms with Crippen LogP contribution in [0, 0.1) is 5.92 Å². The van der Waals surface area contributed by atoms with Gasteiger partial charge < -0.3 is 9.47 Å². The highest BCUT2D eigenvalue weighted by molar-refractivity contribution is 5.96. The van der Waals surface area contributed by atoms with Crippen LogP contribution in [0.15, 0.2) is 73.3 Å². The van der Waals surface area contributed by atoms with Gasteiger partial charge in [-0.25, -0.2) is 9.69 Å². The third kappa shape index (κ3) is 6.56. The molecule has 0 N–H and O–H groups in total.